The number of aliphatic carboxylic acids is 1. The molecule has 0 saturated heterocycles. The van der Waals surface area contributed by atoms with E-state index in [-0.39, 0.29) is 39.2 Å². The fourth-order valence-corrected chi connectivity index (χ4v) is 4.41. The molecule has 9 nitrogen and oxygen atoms in total. The van der Waals surface area contributed by atoms with Crippen molar-refractivity contribution in [3.8, 4) is 0 Å². The van der Waals surface area contributed by atoms with Crippen LogP contribution in [0.4, 0.5) is 33.5 Å². The van der Waals surface area contributed by atoms with Gasteiger partial charge < -0.3 is 24.8 Å². The van der Waals surface area contributed by atoms with Gasteiger partial charge in [-0.25, -0.2) is 23.4 Å². The van der Waals surface area contributed by atoms with Crippen LogP contribution in [0, 0.1) is 11.6 Å². The van der Waals surface area contributed by atoms with E-state index in [1.165, 1.54) is 36.4 Å². The minimum atomic E-state index is -5.08. The Morgan fingerprint density at radius 2 is 1.69 bits per heavy atom. The summed E-state index contributed by atoms with van der Waals surface area (Å²) in [6.45, 7) is 2.45. The highest BCUT2D eigenvalue weighted by atomic mass is 35.5. The molecule has 0 amide bonds. The summed E-state index contributed by atoms with van der Waals surface area (Å²) >= 11 is 5.83. The monoisotopic (exact) mass is 611 g/mol. The molecule has 3 heterocycles. The van der Waals surface area contributed by atoms with Crippen LogP contribution in [-0.2, 0) is 17.9 Å². The van der Waals surface area contributed by atoms with Crippen molar-refractivity contribution in [2.24, 2.45) is 0 Å². The van der Waals surface area contributed by atoms with Gasteiger partial charge in [0.2, 0.25) is 5.88 Å². The van der Waals surface area contributed by atoms with Crippen molar-refractivity contribution in [3.05, 3.63) is 97.9 Å². The van der Waals surface area contributed by atoms with Gasteiger partial charge in [0.05, 0.1) is 17.1 Å². The molecule has 5 rings (SSSR count). The van der Waals surface area contributed by atoms with Gasteiger partial charge >= 0.3 is 18.1 Å². The van der Waals surface area contributed by atoms with Crippen LogP contribution in [0.5, 0.6) is 0 Å². The van der Waals surface area contributed by atoms with Crippen LogP contribution < -0.4 is 15.6 Å². The SMILES string of the molecule is CC(Nc1ccc(Cl)nc1C(=O)O)c1cc(F)cc2c(=O)cc(N3Cc4ccc(F)cc4C3)oc12.O=C(O)C(F)(F)F. The second kappa shape index (κ2) is 11.6. The second-order valence-corrected chi connectivity index (χ2v) is 9.48. The fourth-order valence-electron chi connectivity index (χ4n) is 4.26. The smallest absolute Gasteiger partial charge is 0.476 e. The molecule has 220 valence electrons. The minimum Gasteiger partial charge on any atom is -0.476 e. The molecule has 0 saturated carbocycles. The Kier molecular flexibility index (Phi) is 8.38. The van der Waals surface area contributed by atoms with E-state index in [2.05, 4.69) is 10.3 Å². The zero-order valence-corrected chi connectivity index (χ0v) is 22.1. The summed E-state index contributed by atoms with van der Waals surface area (Å²) < 4.78 is 66.0. The van der Waals surface area contributed by atoms with Gasteiger partial charge in [0, 0.05) is 24.7 Å². The molecule has 0 aliphatic carbocycles. The number of anilines is 2. The predicted molar refractivity (Wildman–Crippen MR) is 141 cm³/mol. The summed E-state index contributed by atoms with van der Waals surface area (Å²) in [7, 11) is 0. The maximum absolute atomic E-state index is 14.5. The van der Waals surface area contributed by atoms with Crippen molar-refractivity contribution in [1.82, 2.24) is 4.98 Å². The first-order valence-corrected chi connectivity index (χ1v) is 12.3. The highest BCUT2D eigenvalue weighted by Gasteiger charge is 2.38. The fraction of sp³-hybridized carbons (Fsp3) is 0.185. The lowest BCUT2D eigenvalue weighted by Gasteiger charge is -2.20. The molecule has 1 atom stereocenters. The van der Waals surface area contributed by atoms with Crippen molar-refractivity contribution >= 4 is 46.1 Å². The van der Waals surface area contributed by atoms with Crippen molar-refractivity contribution < 1.29 is 46.2 Å². The number of fused-ring (bicyclic) bond motifs is 2. The first-order chi connectivity index (χ1) is 19.6. The first-order valence-electron chi connectivity index (χ1n) is 11.9. The van der Waals surface area contributed by atoms with Gasteiger partial charge in [-0.1, -0.05) is 17.7 Å². The number of benzene rings is 2. The summed E-state index contributed by atoms with van der Waals surface area (Å²) in [5.41, 5.74) is 1.62. The van der Waals surface area contributed by atoms with Crippen molar-refractivity contribution in [3.63, 3.8) is 0 Å². The largest absolute Gasteiger partial charge is 0.490 e. The van der Waals surface area contributed by atoms with E-state index in [4.69, 9.17) is 25.9 Å². The normalized spacial score (nSPS) is 13.3. The molecule has 15 heteroatoms. The van der Waals surface area contributed by atoms with Crippen molar-refractivity contribution in [2.75, 3.05) is 10.2 Å². The third-order valence-corrected chi connectivity index (χ3v) is 6.37. The Bertz CT molecular complexity index is 1760. The molecule has 0 spiro atoms. The van der Waals surface area contributed by atoms with E-state index in [1.54, 1.807) is 17.9 Å². The average molecular weight is 612 g/mol. The number of alkyl halides is 3. The standard InChI is InChI=1S/C25H18ClF2N3O4.C2HF3O2/c1-12(29-19-4-5-21(26)30-23(19)25(33)34)17-7-16(28)8-18-20(32)9-22(35-24(17)18)31-10-13-2-3-15(27)6-14(13)11-31;3-2(4,5)1(6)7/h2-9,12,29H,10-11H2,1H3,(H,33,34);(H,6,7). The quantitative estimate of drug-likeness (QED) is 0.180. The molecule has 4 aromatic rings. The summed E-state index contributed by atoms with van der Waals surface area (Å²) in [4.78, 5) is 39.0. The van der Waals surface area contributed by atoms with Gasteiger partial charge in [-0.2, -0.15) is 13.2 Å². The summed E-state index contributed by atoms with van der Waals surface area (Å²) in [6, 6.07) is 10.3. The first kappa shape index (κ1) is 30.2. The highest BCUT2D eigenvalue weighted by Crippen LogP contribution is 2.33. The lowest BCUT2D eigenvalue weighted by atomic mass is 10.0. The maximum Gasteiger partial charge on any atom is 0.490 e. The average Bonchev–Trinajstić information content (AvgIpc) is 3.32. The lowest BCUT2D eigenvalue weighted by molar-refractivity contribution is -0.192. The van der Waals surface area contributed by atoms with Crippen LogP contribution in [0.15, 0.2) is 57.7 Å². The molecule has 0 radical (unpaired) electrons. The predicted octanol–water partition coefficient (Wildman–Crippen LogP) is 6.14. The molecule has 3 N–H and O–H groups in total. The molecule has 42 heavy (non-hydrogen) atoms. The molecule has 0 bridgehead atoms. The number of aromatic carboxylic acids is 1. The van der Waals surface area contributed by atoms with E-state index in [0.29, 0.717) is 18.7 Å². The van der Waals surface area contributed by atoms with Crippen molar-refractivity contribution in [1.29, 1.82) is 0 Å². The Morgan fingerprint density at radius 1 is 1.02 bits per heavy atom. The van der Waals surface area contributed by atoms with Gasteiger partial charge in [-0.3, -0.25) is 4.79 Å². The topological polar surface area (TPSA) is 133 Å². The summed E-state index contributed by atoms with van der Waals surface area (Å²) in [5.74, 6) is -4.77. The van der Waals surface area contributed by atoms with Gasteiger partial charge in [0.25, 0.3) is 0 Å². The number of carboxylic acid groups (broad SMARTS) is 2. The van der Waals surface area contributed by atoms with E-state index in [9.17, 15) is 36.6 Å². The number of hydrogen-bond acceptors (Lipinski definition) is 7. The van der Waals surface area contributed by atoms with Gasteiger partial charge in [0.15, 0.2) is 11.1 Å². The number of carbonyl (C=O) groups is 2. The number of pyridine rings is 1. The van der Waals surface area contributed by atoms with Crippen LogP contribution in [-0.4, -0.2) is 33.3 Å². The number of carboxylic acids is 2. The highest BCUT2D eigenvalue weighted by molar-refractivity contribution is 6.29. The molecule has 2 aromatic carbocycles. The van der Waals surface area contributed by atoms with Gasteiger partial charge in [0.1, 0.15) is 22.4 Å². The van der Waals surface area contributed by atoms with Crippen LogP contribution in [0.2, 0.25) is 5.15 Å². The van der Waals surface area contributed by atoms with Crippen molar-refractivity contribution in [2.45, 2.75) is 32.2 Å². The number of halogens is 6. The number of nitrogens with zero attached hydrogens (tertiary/aromatic N) is 2. The minimum absolute atomic E-state index is 0.0129. The number of aromatic nitrogens is 1. The zero-order valence-electron chi connectivity index (χ0n) is 21.3. The second-order valence-electron chi connectivity index (χ2n) is 9.09. The Hall–Kier alpha value is -4.72. The molecule has 2 aromatic heterocycles. The van der Waals surface area contributed by atoms with E-state index in [1.807, 2.05) is 0 Å². The molecule has 1 unspecified atom stereocenters. The zero-order chi connectivity index (χ0) is 30.9. The Morgan fingerprint density at radius 3 is 2.33 bits per heavy atom. The number of nitrogens with one attached hydrogen (secondary N) is 1. The third kappa shape index (κ3) is 6.60. The lowest BCUT2D eigenvalue weighted by Crippen LogP contribution is -2.21. The maximum atomic E-state index is 14.5. The Labute approximate surface area is 237 Å². The molecular weight excluding hydrogens is 593 g/mol. The van der Waals surface area contributed by atoms with E-state index < -0.39 is 35.4 Å². The molecular formula is C27H19ClF5N3O6. The number of hydrogen-bond donors (Lipinski definition) is 3. The van der Waals surface area contributed by atoms with Crippen LogP contribution in [0.3, 0.4) is 0 Å². The van der Waals surface area contributed by atoms with Gasteiger partial charge in [-0.15, -0.1) is 0 Å². The molecule has 0 fully saturated rings. The van der Waals surface area contributed by atoms with Crippen LogP contribution in [0.1, 0.15) is 40.1 Å². The van der Waals surface area contributed by atoms with E-state index >= 15 is 0 Å². The number of rotatable bonds is 5. The van der Waals surface area contributed by atoms with Crippen LogP contribution >= 0.6 is 11.6 Å². The summed E-state index contributed by atoms with van der Waals surface area (Å²) in [6.07, 6.45) is -5.08. The van der Waals surface area contributed by atoms with E-state index in [0.717, 1.165) is 17.2 Å². The Balaban J connectivity index is 0.000000517. The third-order valence-electron chi connectivity index (χ3n) is 6.16. The van der Waals surface area contributed by atoms with Gasteiger partial charge in [-0.05, 0) is 54.4 Å². The molecule has 1 aliphatic heterocycles. The summed E-state index contributed by atoms with van der Waals surface area (Å²) in [5, 5.41) is 19.6. The van der Waals surface area contributed by atoms with Crippen LogP contribution in [0.25, 0.3) is 11.0 Å². The molecule has 1 aliphatic rings.